The second-order valence-corrected chi connectivity index (χ2v) is 4.20. The van der Waals surface area contributed by atoms with Crippen LogP contribution in [0.2, 0.25) is 0 Å². The van der Waals surface area contributed by atoms with Gasteiger partial charge in [-0.1, -0.05) is 25.1 Å². The molecule has 5 heteroatoms. The molecule has 0 saturated carbocycles. The molecule has 0 aliphatic heterocycles. The molecule has 0 aromatic heterocycles. The number of carbonyl (C=O) groups excluding carboxylic acids is 1. The summed E-state index contributed by atoms with van der Waals surface area (Å²) in [5.74, 6) is -1.65. The molecule has 1 rings (SSSR count). The molecule has 1 aromatic carbocycles. The van der Waals surface area contributed by atoms with Gasteiger partial charge in [-0.05, 0) is 23.1 Å². The maximum atomic E-state index is 11.4. The Morgan fingerprint density at radius 2 is 2.06 bits per heavy atom. The number of rotatable bonds is 6. The first-order valence-corrected chi connectivity index (χ1v) is 6.13. The summed E-state index contributed by atoms with van der Waals surface area (Å²) in [6, 6.07) is 5.01. The van der Waals surface area contributed by atoms with E-state index in [1.807, 2.05) is 13.0 Å². The quantitative estimate of drug-likeness (QED) is 0.772. The van der Waals surface area contributed by atoms with Crippen molar-refractivity contribution in [3.8, 4) is 0 Å². The molecular formula is C13H15ClO4. The van der Waals surface area contributed by atoms with Crippen molar-refractivity contribution in [3.63, 3.8) is 0 Å². The Morgan fingerprint density at radius 1 is 1.39 bits per heavy atom. The van der Waals surface area contributed by atoms with Crippen LogP contribution in [0.5, 0.6) is 0 Å². The van der Waals surface area contributed by atoms with Crippen LogP contribution >= 0.6 is 11.6 Å². The average Bonchev–Trinajstić information content (AvgIpc) is 2.37. The van der Waals surface area contributed by atoms with E-state index < -0.39 is 12.1 Å². The van der Waals surface area contributed by atoms with Crippen molar-refractivity contribution in [1.82, 2.24) is 0 Å². The first kappa shape index (κ1) is 14.7. The van der Waals surface area contributed by atoms with Crippen molar-refractivity contribution in [1.29, 1.82) is 0 Å². The molecule has 0 aliphatic carbocycles. The molecule has 0 radical (unpaired) electrons. The Balaban J connectivity index is 3.24. The zero-order chi connectivity index (χ0) is 13.7. The highest BCUT2D eigenvalue weighted by Crippen LogP contribution is 2.23. The minimum absolute atomic E-state index is 0.0488. The monoisotopic (exact) mass is 270 g/mol. The Labute approximate surface area is 110 Å². The molecule has 0 saturated heterocycles. The van der Waals surface area contributed by atoms with Crippen molar-refractivity contribution in [3.05, 3.63) is 34.9 Å². The molecule has 1 atom stereocenters. The molecule has 18 heavy (non-hydrogen) atoms. The summed E-state index contributed by atoms with van der Waals surface area (Å²) < 4.78 is 0. The van der Waals surface area contributed by atoms with E-state index in [1.54, 1.807) is 6.07 Å². The van der Waals surface area contributed by atoms with Gasteiger partial charge in [0.15, 0.2) is 11.9 Å². The van der Waals surface area contributed by atoms with Crippen LogP contribution in [-0.2, 0) is 22.4 Å². The summed E-state index contributed by atoms with van der Waals surface area (Å²) in [4.78, 5) is 22.3. The fraction of sp³-hybridized carbons (Fsp3) is 0.385. The van der Waals surface area contributed by atoms with Gasteiger partial charge in [-0.2, -0.15) is 0 Å². The van der Waals surface area contributed by atoms with E-state index in [0.29, 0.717) is 12.0 Å². The number of alkyl halides is 1. The second kappa shape index (κ2) is 6.52. The van der Waals surface area contributed by atoms with Gasteiger partial charge in [0.25, 0.3) is 0 Å². The van der Waals surface area contributed by atoms with E-state index in [1.165, 1.54) is 6.07 Å². The lowest BCUT2D eigenvalue weighted by Crippen LogP contribution is -2.16. The van der Waals surface area contributed by atoms with Crippen molar-refractivity contribution in [2.24, 2.45) is 0 Å². The molecule has 4 nitrogen and oxygen atoms in total. The van der Waals surface area contributed by atoms with Gasteiger partial charge in [-0.25, -0.2) is 4.79 Å². The first-order valence-electron chi connectivity index (χ1n) is 5.60. The standard InChI is InChI=1S/C13H15ClO4/c1-2-8-4-3-5-10(12(16)13(17)18)11(8)6-9(15)7-14/h3-5,12,16H,2,6-7H2,1H3,(H,17,18). The largest absolute Gasteiger partial charge is 0.479 e. The van der Waals surface area contributed by atoms with Crippen molar-refractivity contribution < 1.29 is 19.8 Å². The van der Waals surface area contributed by atoms with Gasteiger partial charge in [0.1, 0.15) is 0 Å². The average molecular weight is 271 g/mol. The molecule has 0 spiro atoms. The molecule has 2 N–H and O–H groups in total. The van der Waals surface area contributed by atoms with Crippen LogP contribution in [0, 0.1) is 0 Å². The zero-order valence-electron chi connectivity index (χ0n) is 10.0. The van der Waals surface area contributed by atoms with E-state index in [2.05, 4.69) is 0 Å². The number of carbonyl (C=O) groups is 2. The second-order valence-electron chi connectivity index (χ2n) is 3.93. The highest BCUT2D eigenvalue weighted by atomic mass is 35.5. The first-order chi connectivity index (χ1) is 8.51. The summed E-state index contributed by atoms with van der Waals surface area (Å²) >= 11 is 5.46. The third kappa shape index (κ3) is 3.31. The van der Waals surface area contributed by atoms with Crippen molar-refractivity contribution in [2.45, 2.75) is 25.9 Å². The summed E-state index contributed by atoms with van der Waals surface area (Å²) in [7, 11) is 0. The van der Waals surface area contributed by atoms with E-state index in [-0.39, 0.29) is 23.6 Å². The van der Waals surface area contributed by atoms with Crippen LogP contribution in [0.3, 0.4) is 0 Å². The molecular weight excluding hydrogens is 256 g/mol. The smallest absolute Gasteiger partial charge is 0.337 e. The third-order valence-corrected chi connectivity index (χ3v) is 3.04. The van der Waals surface area contributed by atoms with E-state index in [4.69, 9.17) is 16.7 Å². The highest BCUT2D eigenvalue weighted by molar-refractivity contribution is 6.27. The number of aliphatic carboxylic acids is 1. The molecule has 0 heterocycles. The lowest BCUT2D eigenvalue weighted by molar-refractivity contribution is -0.147. The van der Waals surface area contributed by atoms with Gasteiger partial charge in [-0.3, -0.25) is 4.79 Å². The Morgan fingerprint density at radius 3 is 2.56 bits per heavy atom. The number of hydrogen-bond acceptors (Lipinski definition) is 3. The lowest BCUT2D eigenvalue weighted by atomic mass is 9.92. The van der Waals surface area contributed by atoms with Crippen LogP contribution in [0.4, 0.5) is 0 Å². The minimum atomic E-state index is -1.62. The number of hydrogen-bond donors (Lipinski definition) is 2. The topological polar surface area (TPSA) is 74.6 Å². The third-order valence-electron chi connectivity index (χ3n) is 2.74. The molecule has 98 valence electrons. The molecule has 1 unspecified atom stereocenters. The molecule has 0 bridgehead atoms. The number of aliphatic hydroxyl groups excluding tert-OH is 1. The van der Waals surface area contributed by atoms with Crippen LogP contribution < -0.4 is 0 Å². The number of ketones is 1. The molecule has 0 amide bonds. The van der Waals surface area contributed by atoms with E-state index >= 15 is 0 Å². The van der Waals surface area contributed by atoms with Gasteiger partial charge < -0.3 is 10.2 Å². The van der Waals surface area contributed by atoms with Crippen molar-refractivity contribution >= 4 is 23.4 Å². The maximum absolute atomic E-state index is 11.4. The molecule has 0 fully saturated rings. The number of aliphatic hydroxyl groups is 1. The zero-order valence-corrected chi connectivity index (χ0v) is 10.8. The van der Waals surface area contributed by atoms with Crippen molar-refractivity contribution in [2.75, 3.05) is 5.88 Å². The van der Waals surface area contributed by atoms with Gasteiger partial charge in [0.05, 0.1) is 5.88 Å². The Hall–Kier alpha value is -1.39. The highest BCUT2D eigenvalue weighted by Gasteiger charge is 2.21. The fourth-order valence-corrected chi connectivity index (χ4v) is 1.93. The minimum Gasteiger partial charge on any atom is -0.479 e. The Bertz CT molecular complexity index is 456. The maximum Gasteiger partial charge on any atom is 0.337 e. The number of carboxylic acid groups (broad SMARTS) is 1. The predicted octanol–water partition coefficient (Wildman–Crippen LogP) is 1.72. The Kier molecular flexibility index (Phi) is 5.31. The number of benzene rings is 1. The number of halogens is 1. The fourth-order valence-electron chi connectivity index (χ4n) is 1.83. The SMILES string of the molecule is CCc1cccc(C(O)C(=O)O)c1CC(=O)CCl. The lowest BCUT2D eigenvalue weighted by Gasteiger charge is -2.15. The number of carboxylic acids is 1. The van der Waals surface area contributed by atoms with Gasteiger partial charge in [0, 0.05) is 6.42 Å². The van der Waals surface area contributed by atoms with Gasteiger partial charge in [-0.15, -0.1) is 11.6 Å². The number of aryl methyl sites for hydroxylation is 1. The van der Waals surface area contributed by atoms with Crippen LogP contribution in [0.25, 0.3) is 0 Å². The normalized spacial score (nSPS) is 12.2. The molecule has 1 aromatic rings. The summed E-state index contributed by atoms with van der Waals surface area (Å²) in [6.07, 6.45) is -0.909. The predicted molar refractivity (Wildman–Crippen MR) is 67.8 cm³/mol. The van der Waals surface area contributed by atoms with Gasteiger partial charge in [0.2, 0.25) is 0 Å². The van der Waals surface area contributed by atoms with Gasteiger partial charge >= 0.3 is 5.97 Å². The summed E-state index contributed by atoms with van der Waals surface area (Å²) in [5.41, 5.74) is 1.69. The van der Waals surface area contributed by atoms with Crippen LogP contribution in [0.15, 0.2) is 18.2 Å². The summed E-state index contributed by atoms with van der Waals surface area (Å²) in [5, 5.41) is 18.5. The van der Waals surface area contributed by atoms with Crippen LogP contribution in [0.1, 0.15) is 29.7 Å². The van der Waals surface area contributed by atoms with E-state index in [0.717, 1.165) is 5.56 Å². The summed E-state index contributed by atoms with van der Waals surface area (Å²) in [6.45, 7) is 1.90. The number of Topliss-reactive ketones (excluding diaryl/α,β-unsaturated/α-hetero) is 1. The van der Waals surface area contributed by atoms with Crippen LogP contribution in [-0.4, -0.2) is 27.8 Å². The van der Waals surface area contributed by atoms with E-state index in [9.17, 15) is 14.7 Å². The molecule has 0 aliphatic rings.